The SMILES string of the molecule is CCCCCCCCCCCCCCCCCCc1cc(O)c(I=O)c(CCCCCCCCCCCCCCCCCC)c1OP(=O)(O)O. The van der Waals surface area contributed by atoms with Gasteiger partial charge in [-0.05, 0) is 37.3 Å². The van der Waals surface area contributed by atoms with Crippen LogP contribution in [0.15, 0.2) is 6.07 Å². The fourth-order valence-corrected chi connectivity index (χ4v) is 8.81. The van der Waals surface area contributed by atoms with Crippen molar-refractivity contribution in [3.8, 4) is 11.5 Å². The first-order valence-electron chi connectivity index (χ1n) is 21.2. The Morgan fingerprint density at radius 2 is 0.820 bits per heavy atom. The Balaban J connectivity index is 2.36. The normalized spacial score (nSPS) is 11.8. The number of benzene rings is 1. The molecule has 8 heteroatoms. The highest BCUT2D eigenvalue weighted by Crippen LogP contribution is 2.46. The summed E-state index contributed by atoms with van der Waals surface area (Å²) in [4.78, 5) is 19.5. The number of unbranched alkanes of at least 4 members (excludes halogenated alkanes) is 30. The summed E-state index contributed by atoms with van der Waals surface area (Å²) in [6.07, 6.45) is 41.9. The van der Waals surface area contributed by atoms with Crippen LogP contribution in [0.4, 0.5) is 0 Å². The van der Waals surface area contributed by atoms with Gasteiger partial charge in [0, 0.05) is 5.56 Å². The molecule has 1 rings (SSSR count). The molecule has 0 aromatic heterocycles. The summed E-state index contributed by atoms with van der Waals surface area (Å²) in [5.41, 5.74) is 1.15. The van der Waals surface area contributed by atoms with Crippen molar-refractivity contribution >= 4 is 29.0 Å². The Morgan fingerprint density at radius 1 is 0.520 bits per heavy atom. The van der Waals surface area contributed by atoms with Gasteiger partial charge in [0.25, 0.3) is 0 Å². The summed E-state index contributed by atoms with van der Waals surface area (Å²) in [6.45, 7) is 4.54. The Labute approximate surface area is 319 Å². The van der Waals surface area contributed by atoms with Crippen molar-refractivity contribution in [1.82, 2.24) is 0 Å². The van der Waals surface area contributed by atoms with E-state index in [0.29, 0.717) is 27.5 Å². The Morgan fingerprint density at radius 3 is 1.12 bits per heavy atom. The maximum Gasteiger partial charge on any atom is 0.524 e. The van der Waals surface area contributed by atoms with Crippen molar-refractivity contribution < 1.29 is 27.1 Å². The molecular weight excluding hydrogens is 758 g/mol. The van der Waals surface area contributed by atoms with Gasteiger partial charge in [-0.3, -0.25) is 12.9 Å². The number of phosphoric ester groups is 1. The molecule has 0 radical (unpaired) electrons. The van der Waals surface area contributed by atoms with Gasteiger partial charge < -0.3 is 9.63 Å². The van der Waals surface area contributed by atoms with Crippen molar-refractivity contribution in [3.05, 3.63) is 20.8 Å². The van der Waals surface area contributed by atoms with E-state index in [1.807, 2.05) is 0 Å². The van der Waals surface area contributed by atoms with Gasteiger partial charge in [0.15, 0.2) is 21.2 Å². The Kier molecular flexibility index (Phi) is 31.5. The fraction of sp³-hybridized carbons (Fsp3) is 0.857. The van der Waals surface area contributed by atoms with Gasteiger partial charge in [0.2, 0.25) is 0 Å². The largest absolute Gasteiger partial charge is 0.524 e. The van der Waals surface area contributed by atoms with Crippen LogP contribution in [0.2, 0.25) is 0 Å². The van der Waals surface area contributed by atoms with Crippen LogP contribution >= 0.6 is 29.0 Å². The van der Waals surface area contributed by atoms with E-state index in [-0.39, 0.29) is 11.5 Å². The van der Waals surface area contributed by atoms with E-state index in [1.54, 1.807) is 0 Å². The van der Waals surface area contributed by atoms with Crippen LogP contribution in [0, 0.1) is 3.57 Å². The molecule has 0 bridgehead atoms. The fourth-order valence-electron chi connectivity index (χ4n) is 7.18. The second-order valence-electron chi connectivity index (χ2n) is 14.9. The van der Waals surface area contributed by atoms with E-state index in [2.05, 4.69) is 13.8 Å². The molecule has 1 aromatic rings. The van der Waals surface area contributed by atoms with E-state index in [1.165, 1.54) is 173 Å². The quantitative estimate of drug-likeness (QED) is 0.0350. The number of phenolic OH excluding ortho intramolecular Hbond substituents is 1. The minimum absolute atomic E-state index is 0.0242. The summed E-state index contributed by atoms with van der Waals surface area (Å²) in [6, 6.07) is 1.53. The number of phenols is 1. The molecule has 0 spiro atoms. The zero-order valence-electron chi connectivity index (χ0n) is 32.5. The van der Waals surface area contributed by atoms with Crippen LogP contribution in [0.3, 0.4) is 0 Å². The lowest BCUT2D eigenvalue weighted by Gasteiger charge is -2.19. The molecule has 50 heavy (non-hydrogen) atoms. The van der Waals surface area contributed by atoms with Crippen molar-refractivity contribution in [1.29, 1.82) is 0 Å². The third-order valence-electron chi connectivity index (χ3n) is 10.2. The highest BCUT2D eigenvalue weighted by molar-refractivity contribution is 14.1. The van der Waals surface area contributed by atoms with Gasteiger partial charge in [-0.2, -0.15) is 0 Å². The van der Waals surface area contributed by atoms with Gasteiger partial charge in [0.05, 0.1) is 3.57 Å². The van der Waals surface area contributed by atoms with Crippen molar-refractivity contribution in [3.63, 3.8) is 0 Å². The number of hydrogen-bond acceptors (Lipinski definition) is 4. The summed E-state index contributed by atoms with van der Waals surface area (Å²) in [5.74, 6) is 0.132. The predicted molar refractivity (Wildman–Crippen MR) is 221 cm³/mol. The van der Waals surface area contributed by atoms with Crippen molar-refractivity contribution in [2.75, 3.05) is 0 Å². The molecule has 1 aromatic carbocycles. The molecule has 0 atom stereocenters. The molecule has 6 nitrogen and oxygen atoms in total. The zero-order valence-corrected chi connectivity index (χ0v) is 35.6. The summed E-state index contributed by atoms with van der Waals surface area (Å²) in [7, 11) is -4.81. The monoisotopic (exact) mass is 836 g/mol. The van der Waals surface area contributed by atoms with E-state index in [4.69, 9.17) is 4.52 Å². The average molecular weight is 837 g/mol. The summed E-state index contributed by atoms with van der Waals surface area (Å²) >= 11 is -1.72. The predicted octanol–water partition coefficient (Wildman–Crippen LogP) is 15.0. The minimum Gasteiger partial charge on any atom is -0.507 e. The van der Waals surface area contributed by atoms with Gasteiger partial charge >= 0.3 is 7.82 Å². The Bertz CT molecular complexity index is 997. The number of halogens is 1. The van der Waals surface area contributed by atoms with Crippen molar-refractivity contribution in [2.24, 2.45) is 0 Å². The Hall–Kier alpha value is -0.500. The molecule has 0 unspecified atom stereocenters. The zero-order chi connectivity index (χ0) is 36.5. The second-order valence-corrected chi connectivity index (χ2v) is 17.6. The number of aryl methyl sites for hydroxylation is 1. The van der Waals surface area contributed by atoms with Crippen LogP contribution in [-0.2, 0) is 20.5 Å². The lowest BCUT2D eigenvalue weighted by Crippen LogP contribution is -2.04. The summed E-state index contributed by atoms with van der Waals surface area (Å²) < 4.78 is 29.7. The van der Waals surface area contributed by atoms with Gasteiger partial charge in [0.1, 0.15) is 11.5 Å². The molecular formula is C42H78IO6P. The molecule has 294 valence electrons. The van der Waals surface area contributed by atoms with Gasteiger partial charge in [-0.1, -0.05) is 206 Å². The van der Waals surface area contributed by atoms with E-state index in [0.717, 1.165) is 38.5 Å². The topological polar surface area (TPSA) is 104 Å². The van der Waals surface area contributed by atoms with Crippen molar-refractivity contribution in [2.45, 2.75) is 232 Å². The van der Waals surface area contributed by atoms with E-state index < -0.39 is 29.0 Å². The molecule has 0 saturated carbocycles. The van der Waals surface area contributed by atoms with Crippen LogP contribution in [0.1, 0.15) is 230 Å². The maximum atomic E-state index is 12.2. The van der Waals surface area contributed by atoms with Crippen LogP contribution in [-0.4, -0.2) is 14.9 Å². The first-order chi connectivity index (χ1) is 24.3. The average Bonchev–Trinajstić information content (AvgIpc) is 3.08. The molecule has 0 aliphatic carbocycles. The van der Waals surface area contributed by atoms with Crippen LogP contribution < -0.4 is 4.52 Å². The lowest BCUT2D eigenvalue weighted by atomic mass is 9.97. The first-order valence-corrected chi connectivity index (χ1v) is 24.7. The third kappa shape index (κ3) is 26.3. The highest BCUT2D eigenvalue weighted by Gasteiger charge is 2.25. The molecule has 0 amide bonds. The molecule has 0 fully saturated rings. The minimum atomic E-state index is -4.81. The maximum absolute atomic E-state index is 12.2. The number of phosphoric acid groups is 1. The molecule has 0 aliphatic heterocycles. The number of hydrogen-bond donors (Lipinski definition) is 3. The molecule has 0 heterocycles. The van der Waals surface area contributed by atoms with Crippen LogP contribution in [0.5, 0.6) is 11.5 Å². The molecule has 0 aliphatic rings. The van der Waals surface area contributed by atoms with Gasteiger partial charge in [-0.25, -0.2) is 4.57 Å². The highest BCUT2D eigenvalue weighted by atomic mass is 127. The van der Waals surface area contributed by atoms with Crippen LogP contribution in [0.25, 0.3) is 0 Å². The smallest absolute Gasteiger partial charge is 0.507 e. The summed E-state index contributed by atoms with van der Waals surface area (Å²) in [5, 5.41) is 10.7. The number of rotatable bonds is 37. The molecule has 0 saturated heterocycles. The van der Waals surface area contributed by atoms with Gasteiger partial charge in [-0.15, -0.1) is 0 Å². The standard InChI is InChI=1S/C42H78IO6P/c1-3-5-7-9-11-13-15-17-19-21-23-25-27-29-31-33-35-38-37-40(44)41(43-45)39(42(38)49-50(46,47)48)36-34-32-30-28-26-24-22-20-18-16-14-12-10-8-6-4-2/h37,44H,3-36H2,1-2H3,(H2,46,47,48). The third-order valence-corrected chi connectivity index (χ3v) is 12.3. The lowest BCUT2D eigenvalue weighted by molar-refractivity contribution is 0.280. The van der Waals surface area contributed by atoms with E-state index >= 15 is 0 Å². The first kappa shape index (κ1) is 47.5. The second kappa shape index (κ2) is 33.1. The molecule has 3 N–H and O–H groups in total. The van der Waals surface area contributed by atoms with E-state index in [9.17, 15) is 22.5 Å². The number of aromatic hydroxyl groups is 1.